The molecule has 7 atom stereocenters. The summed E-state index contributed by atoms with van der Waals surface area (Å²) < 4.78 is 28.9. The van der Waals surface area contributed by atoms with Crippen LogP contribution in [0.5, 0.6) is 5.75 Å². The third kappa shape index (κ3) is 8.44. The first-order chi connectivity index (χ1) is 25.4. The van der Waals surface area contributed by atoms with Gasteiger partial charge in [-0.3, -0.25) is 29.8 Å². The minimum absolute atomic E-state index is 0.0906. The van der Waals surface area contributed by atoms with E-state index >= 15 is 0 Å². The summed E-state index contributed by atoms with van der Waals surface area (Å²) in [6.07, 6.45) is 0.0635. The molecule has 2 fully saturated rings. The van der Waals surface area contributed by atoms with Crippen molar-refractivity contribution >= 4 is 46.7 Å². The van der Waals surface area contributed by atoms with Crippen LogP contribution < -0.4 is 15.0 Å². The molecule has 2 saturated heterocycles. The Kier molecular flexibility index (Phi) is 11.9. The maximum absolute atomic E-state index is 14.1. The number of aliphatic hydroxyl groups is 1. The van der Waals surface area contributed by atoms with Crippen LogP contribution in [-0.2, 0) is 41.4 Å². The molecule has 4 bridgehead atoms. The number of halogens is 1. The summed E-state index contributed by atoms with van der Waals surface area (Å²) in [7, 11) is 4.40. The largest absolute Gasteiger partial charge is 0.495 e. The number of nitrogens with zero attached hydrogens (tertiary/aromatic N) is 2. The fourth-order valence-corrected chi connectivity index (χ4v) is 7.42. The van der Waals surface area contributed by atoms with Gasteiger partial charge in [0.05, 0.1) is 42.2 Å². The van der Waals surface area contributed by atoms with Crippen molar-refractivity contribution in [2.45, 2.75) is 89.1 Å². The molecule has 3 heterocycles. The molecule has 290 valence electrons. The predicted octanol–water partition coefficient (Wildman–Crippen LogP) is 5.02. The highest BCUT2D eigenvalue weighted by atomic mass is 35.5. The van der Waals surface area contributed by atoms with Crippen molar-refractivity contribution in [1.82, 2.24) is 5.32 Å². The Labute approximate surface area is 317 Å². The lowest BCUT2D eigenvalue weighted by Crippen LogP contribution is -2.63. The molecule has 15 nitrogen and oxygen atoms in total. The van der Waals surface area contributed by atoms with E-state index in [0.29, 0.717) is 17.9 Å². The maximum atomic E-state index is 14.1. The van der Waals surface area contributed by atoms with E-state index in [1.54, 1.807) is 38.1 Å². The molecular formula is C38H44ClN3O12. The lowest BCUT2D eigenvalue weighted by molar-refractivity contribution is -0.385. The molecule has 2 N–H and O–H groups in total. The number of fused-ring (bicyclic) bond motifs is 5. The minimum Gasteiger partial charge on any atom is -0.495 e. The molecule has 0 aliphatic carbocycles. The van der Waals surface area contributed by atoms with Gasteiger partial charge in [0.1, 0.15) is 34.7 Å². The van der Waals surface area contributed by atoms with Gasteiger partial charge in [-0.05, 0) is 56.5 Å². The lowest BCUT2D eigenvalue weighted by atomic mass is 9.83. The van der Waals surface area contributed by atoms with Crippen molar-refractivity contribution < 1.29 is 52.9 Å². The molecule has 0 radical (unpaired) electrons. The lowest BCUT2D eigenvalue weighted by Gasteiger charge is -2.42. The fraction of sp³-hybridized carbons (Fsp3) is 0.474. The molecule has 2 aromatic carbocycles. The topological polar surface area (TPSA) is 196 Å². The third-order valence-corrected chi connectivity index (χ3v) is 10.6. The van der Waals surface area contributed by atoms with Gasteiger partial charge in [0.2, 0.25) is 5.91 Å². The number of carbonyl (C=O) groups is 4. The van der Waals surface area contributed by atoms with E-state index in [1.807, 2.05) is 13.0 Å². The number of benzene rings is 2. The van der Waals surface area contributed by atoms with Crippen molar-refractivity contribution in [1.29, 1.82) is 0 Å². The predicted molar refractivity (Wildman–Crippen MR) is 196 cm³/mol. The van der Waals surface area contributed by atoms with Crippen LogP contribution >= 0.6 is 11.6 Å². The molecule has 2 amide bonds. The van der Waals surface area contributed by atoms with Crippen molar-refractivity contribution in [3.05, 3.63) is 86.0 Å². The first-order valence-corrected chi connectivity index (χ1v) is 17.6. The number of hydrogen-bond donors (Lipinski definition) is 2. The summed E-state index contributed by atoms with van der Waals surface area (Å²) in [6.45, 7) is 6.52. The standard InChI is InChI=1S/C38H44ClN3O12/c1-20-9-8-10-30(51-7)38(47)19-29(52-36(46)40-38)21(2)35-37(4,54-35)31(18-32(44)41(5)27-15-24(13-20)16-28(50-6)34(27)39)53-33(45)17-23-11-12-25(22(3)43)26(14-23)42(48)49/h8-12,14-16,21,29-31,35,47H,13,17-19H2,1-7H3,(H,40,46)/b10-8+,20-9+/t21-,29+,30-,31+,35+,37+,38+/m1/s1. The number of methoxy groups -OCH3 is 2. The highest BCUT2D eigenvalue weighted by Crippen LogP contribution is 2.49. The summed E-state index contributed by atoms with van der Waals surface area (Å²) in [6, 6.07) is 7.35. The van der Waals surface area contributed by atoms with Crippen LogP contribution in [0.25, 0.3) is 0 Å². The Morgan fingerprint density at radius 1 is 1.20 bits per heavy atom. The number of esters is 1. The first kappa shape index (κ1) is 40.4. The van der Waals surface area contributed by atoms with Gasteiger partial charge in [-0.15, -0.1) is 0 Å². The number of carbonyl (C=O) groups excluding carboxylic acids is 4. The molecule has 0 aromatic heterocycles. The Morgan fingerprint density at radius 3 is 2.57 bits per heavy atom. The van der Waals surface area contributed by atoms with Crippen molar-refractivity contribution in [2.24, 2.45) is 5.92 Å². The van der Waals surface area contributed by atoms with Crippen LogP contribution in [0, 0.1) is 16.0 Å². The molecule has 2 aromatic rings. The third-order valence-electron chi connectivity index (χ3n) is 10.2. The molecule has 5 rings (SSSR count). The van der Waals surface area contributed by atoms with Crippen LogP contribution in [-0.4, -0.2) is 90.8 Å². The van der Waals surface area contributed by atoms with E-state index in [2.05, 4.69) is 5.32 Å². The maximum Gasteiger partial charge on any atom is 0.409 e. The highest BCUT2D eigenvalue weighted by Gasteiger charge is 2.64. The second-order valence-electron chi connectivity index (χ2n) is 14.1. The monoisotopic (exact) mass is 769 g/mol. The van der Waals surface area contributed by atoms with Crippen LogP contribution in [0.1, 0.15) is 62.0 Å². The SMILES string of the molecule is COc1cc2cc(c1Cl)N(C)C(=O)C[C@H](OC(=O)Cc1ccc(C(C)=O)c([N+](=O)[O-])c1)[C@]1(C)O[C@H]1[C@H](C)[C@@H]1C[C@@](O)(NC(=O)O1)[C@H](OC)/C=C/C=C(\C)C2. The molecule has 54 heavy (non-hydrogen) atoms. The average molecular weight is 770 g/mol. The quantitative estimate of drug-likeness (QED) is 0.126. The zero-order chi connectivity index (χ0) is 39.7. The molecule has 0 spiro atoms. The number of Topliss-reactive ketones (excluding diaryl/α,β-unsaturated/α-hetero) is 1. The van der Waals surface area contributed by atoms with Gasteiger partial charge in [-0.25, -0.2) is 4.79 Å². The van der Waals surface area contributed by atoms with Gasteiger partial charge < -0.3 is 33.7 Å². The summed E-state index contributed by atoms with van der Waals surface area (Å²) >= 11 is 6.73. The molecule has 0 saturated carbocycles. The van der Waals surface area contributed by atoms with Crippen LogP contribution in [0.3, 0.4) is 0 Å². The number of hydrogen-bond acceptors (Lipinski definition) is 12. The van der Waals surface area contributed by atoms with Crippen molar-refractivity contribution in [2.75, 3.05) is 26.2 Å². The molecule has 0 unspecified atom stereocenters. The number of ketones is 1. The van der Waals surface area contributed by atoms with E-state index in [4.69, 9.17) is 35.3 Å². The summed E-state index contributed by atoms with van der Waals surface area (Å²) in [4.78, 5) is 64.7. The van der Waals surface area contributed by atoms with E-state index in [-0.39, 0.29) is 29.0 Å². The number of amides is 2. The molecule has 3 aliphatic heterocycles. The average Bonchev–Trinajstić information content (AvgIpc) is 3.80. The summed E-state index contributed by atoms with van der Waals surface area (Å²) in [5.74, 6) is -2.06. The Hall–Kier alpha value is -4.83. The van der Waals surface area contributed by atoms with E-state index in [1.165, 1.54) is 45.2 Å². The number of epoxide rings is 1. The van der Waals surface area contributed by atoms with Gasteiger partial charge in [0, 0.05) is 32.6 Å². The number of allylic oxidation sites excluding steroid dienone is 3. The zero-order valence-electron chi connectivity index (χ0n) is 31.0. The van der Waals surface area contributed by atoms with Crippen LogP contribution in [0.2, 0.25) is 5.02 Å². The number of anilines is 1. The summed E-state index contributed by atoms with van der Waals surface area (Å²) in [5, 5.41) is 26.1. The second-order valence-corrected chi connectivity index (χ2v) is 14.5. The van der Waals surface area contributed by atoms with Gasteiger partial charge in [0.15, 0.2) is 11.5 Å². The fourth-order valence-electron chi connectivity index (χ4n) is 7.11. The van der Waals surface area contributed by atoms with Gasteiger partial charge in [-0.2, -0.15) is 0 Å². The highest BCUT2D eigenvalue weighted by molar-refractivity contribution is 6.35. The van der Waals surface area contributed by atoms with Crippen LogP contribution in [0.15, 0.2) is 54.1 Å². The number of nitro groups is 1. The number of alkyl carbamates (subject to hydrolysis) is 1. The van der Waals surface area contributed by atoms with Gasteiger partial charge in [-0.1, -0.05) is 48.4 Å². The Bertz CT molecular complexity index is 1920. The van der Waals surface area contributed by atoms with Gasteiger partial charge in [0.25, 0.3) is 5.69 Å². The van der Waals surface area contributed by atoms with Crippen LogP contribution in [0.4, 0.5) is 16.2 Å². The number of nitrogens with one attached hydrogen (secondary N) is 1. The van der Waals surface area contributed by atoms with Crippen molar-refractivity contribution in [3.8, 4) is 5.75 Å². The number of rotatable bonds is 7. The number of ether oxygens (including phenoxy) is 5. The smallest absolute Gasteiger partial charge is 0.409 e. The Morgan fingerprint density at radius 2 is 1.93 bits per heavy atom. The molecule has 16 heteroatoms. The van der Waals surface area contributed by atoms with E-state index in [9.17, 15) is 34.4 Å². The number of nitro benzene ring substituents is 1. The normalized spacial score (nSPS) is 30.1. The van der Waals surface area contributed by atoms with Gasteiger partial charge >= 0.3 is 12.1 Å². The second kappa shape index (κ2) is 15.9. The minimum atomic E-state index is -1.86. The molecular weight excluding hydrogens is 726 g/mol. The summed E-state index contributed by atoms with van der Waals surface area (Å²) in [5.41, 5.74) is -1.47. The zero-order valence-corrected chi connectivity index (χ0v) is 31.8. The van der Waals surface area contributed by atoms with Crippen molar-refractivity contribution in [3.63, 3.8) is 0 Å². The Balaban J connectivity index is 1.53. The first-order valence-electron chi connectivity index (χ1n) is 17.3. The van der Waals surface area contributed by atoms with E-state index < -0.39 is 82.4 Å². The van der Waals surface area contributed by atoms with E-state index in [0.717, 1.165) is 17.2 Å². The molecule has 3 aliphatic rings.